The average Bonchev–Trinajstić information content (AvgIpc) is 2.74. The molecule has 0 saturated carbocycles. The molecule has 3 aromatic carbocycles. The normalized spacial score (nSPS) is 10.2. The maximum absolute atomic E-state index is 12.7. The number of nitro benzene ring substituents is 2. The third-order valence-corrected chi connectivity index (χ3v) is 4.79. The van der Waals surface area contributed by atoms with Gasteiger partial charge in [0.2, 0.25) is 0 Å². The molecule has 0 unspecified atom stereocenters. The smallest absolute Gasteiger partial charge is 0.271 e. The number of non-ortho nitro benzene ring substituents is 2. The number of nitrogens with one attached hydrogen (secondary N) is 2. The molecule has 10 nitrogen and oxygen atoms in total. The molecule has 0 radical (unpaired) electrons. The van der Waals surface area contributed by atoms with Gasteiger partial charge in [-0.15, -0.1) is 0 Å². The van der Waals surface area contributed by atoms with Gasteiger partial charge in [0.15, 0.2) is 0 Å². The van der Waals surface area contributed by atoms with E-state index in [4.69, 9.17) is 0 Å². The number of rotatable bonds is 6. The largest absolute Gasteiger partial charge is 0.322 e. The Morgan fingerprint density at radius 1 is 0.742 bits per heavy atom. The Labute approximate surface area is 183 Å². The maximum Gasteiger partial charge on any atom is 0.271 e. The van der Waals surface area contributed by atoms with Crippen LogP contribution in [-0.2, 0) is 0 Å². The number of carbonyl (C=O) groups is 2. The van der Waals surface area contributed by atoms with Crippen LogP contribution < -0.4 is 10.6 Å². The van der Waals surface area contributed by atoms with Gasteiger partial charge in [0.1, 0.15) is 0 Å². The molecule has 0 spiro atoms. The van der Waals surface area contributed by atoms with E-state index in [0.29, 0.717) is 4.47 Å². The van der Waals surface area contributed by atoms with Crippen LogP contribution in [0.4, 0.5) is 22.7 Å². The molecule has 0 atom stereocenters. The third kappa shape index (κ3) is 5.28. The van der Waals surface area contributed by atoms with E-state index in [2.05, 4.69) is 26.6 Å². The van der Waals surface area contributed by atoms with Gasteiger partial charge in [-0.2, -0.15) is 0 Å². The second kappa shape index (κ2) is 9.13. The molecule has 31 heavy (non-hydrogen) atoms. The Balaban J connectivity index is 1.81. The summed E-state index contributed by atoms with van der Waals surface area (Å²) in [5.74, 6) is -1.16. The van der Waals surface area contributed by atoms with Crippen molar-refractivity contribution in [1.29, 1.82) is 0 Å². The lowest BCUT2D eigenvalue weighted by Crippen LogP contribution is -2.16. The third-order valence-electron chi connectivity index (χ3n) is 4.10. The Morgan fingerprint density at radius 3 is 1.77 bits per heavy atom. The van der Waals surface area contributed by atoms with Crippen molar-refractivity contribution in [2.24, 2.45) is 0 Å². The van der Waals surface area contributed by atoms with Crippen molar-refractivity contribution in [2.45, 2.75) is 0 Å². The molecule has 2 N–H and O–H groups in total. The number of carbonyl (C=O) groups excluding carboxylic acids is 2. The summed E-state index contributed by atoms with van der Waals surface area (Å²) in [7, 11) is 0. The first-order valence-electron chi connectivity index (χ1n) is 8.66. The number of nitrogens with zero attached hydrogens (tertiary/aromatic N) is 2. The number of anilines is 2. The molecule has 0 heterocycles. The van der Waals surface area contributed by atoms with Gasteiger partial charge >= 0.3 is 0 Å². The molecule has 156 valence electrons. The van der Waals surface area contributed by atoms with Crippen LogP contribution in [0.2, 0.25) is 0 Å². The SMILES string of the molecule is O=C(Nc1cccc([N+](=O)[O-])c1)c1ccc(Br)c(C(=O)Nc2cccc([N+](=O)[O-])c2)c1. The van der Waals surface area contributed by atoms with E-state index >= 15 is 0 Å². The number of hydrogen-bond donors (Lipinski definition) is 2. The van der Waals surface area contributed by atoms with Crippen molar-refractivity contribution in [1.82, 2.24) is 0 Å². The van der Waals surface area contributed by atoms with Crippen LogP contribution in [0.3, 0.4) is 0 Å². The number of benzene rings is 3. The summed E-state index contributed by atoms with van der Waals surface area (Å²) in [5, 5.41) is 26.9. The van der Waals surface area contributed by atoms with Crippen molar-refractivity contribution in [3.05, 3.63) is 103 Å². The lowest BCUT2D eigenvalue weighted by atomic mass is 10.1. The number of nitro groups is 2. The highest BCUT2D eigenvalue weighted by molar-refractivity contribution is 9.10. The lowest BCUT2D eigenvalue weighted by molar-refractivity contribution is -0.385. The van der Waals surface area contributed by atoms with Gasteiger partial charge in [0.05, 0.1) is 15.4 Å². The number of hydrogen-bond acceptors (Lipinski definition) is 6. The summed E-state index contributed by atoms with van der Waals surface area (Å²) in [6.45, 7) is 0. The second-order valence-electron chi connectivity index (χ2n) is 6.22. The van der Waals surface area contributed by atoms with Crippen LogP contribution in [0.5, 0.6) is 0 Å². The summed E-state index contributed by atoms with van der Waals surface area (Å²) in [6.07, 6.45) is 0. The second-order valence-corrected chi connectivity index (χ2v) is 7.07. The van der Waals surface area contributed by atoms with E-state index in [1.807, 2.05) is 0 Å². The highest BCUT2D eigenvalue weighted by atomic mass is 79.9. The zero-order valence-electron chi connectivity index (χ0n) is 15.6. The highest BCUT2D eigenvalue weighted by Gasteiger charge is 2.16. The van der Waals surface area contributed by atoms with Gasteiger partial charge < -0.3 is 10.6 Å². The standard InChI is InChI=1S/C20H13BrN4O6/c21-18-8-7-12(19(26)22-13-3-1-5-15(10-13)24(28)29)9-17(18)20(27)23-14-4-2-6-16(11-14)25(30)31/h1-11H,(H,22,26)(H,23,27). The fraction of sp³-hybridized carbons (Fsp3) is 0. The minimum absolute atomic E-state index is 0.123. The van der Waals surface area contributed by atoms with Crippen LogP contribution in [0, 0.1) is 20.2 Å². The van der Waals surface area contributed by atoms with Crippen molar-refractivity contribution in [2.75, 3.05) is 10.6 Å². The van der Waals surface area contributed by atoms with E-state index < -0.39 is 21.7 Å². The molecule has 0 aliphatic rings. The fourth-order valence-electron chi connectivity index (χ4n) is 2.64. The zero-order chi connectivity index (χ0) is 22.5. The summed E-state index contributed by atoms with van der Waals surface area (Å²) >= 11 is 3.25. The molecule has 0 aliphatic heterocycles. The van der Waals surface area contributed by atoms with E-state index in [0.717, 1.165) is 0 Å². The van der Waals surface area contributed by atoms with Gasteiger partial charge in [-0.05, 0) is 46.3 Å². The summed E-state index contributed by atoms with van der Waals surface area (Å²) < 4.78 is 0.405. The predicted molar refractivity (Wildman–Crippen MR) is 116 cm³/mol. The first kappa shape index (κ1) is 21.6. The van der Waals surface area contributed by atoms with E-state index in [1.165, 1.54) is 66.7 Å². The Kier molecular flexibility index (Phi) is 6.36. The van der Waals surface area contributed by atoms with E-state index in [1.54, 1.807) is 0 Å². The van der Waals surface area contributed by atoms with Gasteiger partial charge in [-0.25, -0.2) is 0 Å². The first-order valence-corrected chi connectivity index (χ1v) is 9.45. The predicted octanol–water partition coefficient (Wildman–Crippen LogP) is 4.77. The number of halogens is 1. The van der Waals surface area contributed by atoms with Crippen molar-refractivity contribution >= 4 is 50.5 Å². The van der Waals surface area contributed by atoms with Crippen molar-refractivity contribution < 1.29 is 19.4 Å². The van der Waals surface area contributed by atoms with E-state index in [-0.39, 0.29) is 33.9 Å². The van der Waals surface area contributed by atoms with Crippen LogP contribution in [0.15, 0.2) is 71.2 Å². The average molecular weight is 485 g/mol. The maximum atomic E-state index is 12.7. The first-order chi connectivity index (χ1) is 14.7. The fourth-order valence-corrected chi connectivity index (χ4v) is 3.06. The molecule has 0 aromatic heterocycles. The quantitative estimate of drug-likeness (QED) is 0.380. The monoisotopic (exact) mass is 484 g/mol. The minimum atomic E-state index is -0.586. The molecule has 11 heteroatoms. The molecular weight excluding hydrogens is 472 g/mol. The molecule has 2 amide bonds. The van der Waals surface area contributed by atoms with Gasteiger partial charge in [0.25, 0.3) is 23.2 Å². The van der Waals surface area contributed by atoms with Crippen molar-refractivity contribution in [3.8, 4) is 0 Å². The van der Waals surface area contributed by atoms with Crippen molar-refractivity contribution in [3.63, 3.8) is 0 Å². The van der Waals surface area contributed by atoms with Crippen LogP contribution in [-0.4, -0.2) is 21.7 Å². The Hall–Kier alpha value is -4.12. The topological polar surface area (TPSA) is 144 Å². The van der Waals surface area contributed by atoms with Crippen LogP contribution in [0.25, 0.3) is 0 Å². The summed E-state index contributed by atoms with van der Waals surface area (Å²) in [4.78, 5) is 45.8. The molecule has 0 saturated heterocycles. The lowest BCUT2D eigenvalue weighted by Gasteiger charge is -2.10. The van der Waals surface area contributed by atoms with Crippen LogP contribution >= 0.6 is 15.9 Å². The summed E-state index contributed by atoms with van der Waals surface area (Å²) in [6, 6.07) is 15.2. The molecule has 0 fully saturated rings. The Morgan fingerprint density at radius 2 is 1.26 bits per heavy atom. The minimum Gasteiger partial charge on any atom is -0.322 e. The van der Waals surface area contributed by atoms with Gasteiger partial charge in [0, 0.05) is 45.7 Å². The molecule has 0 aliphatic carbocycles. The zero-order valence-corrected chi connectivity index (χ0v) is 17.2. The van der Waals surface area contributed by atoms with Gasteiger partial charge in [-0.1, -0.05) is 12.1 Å². The highest BCUT2D eigenvalue weighted by Crippen LogP contribution is 2.23. The van der Waals surface area contributed by atoms with E-state index in [9.17, 15) is 29.8 Å². The van der Waals surface area contributed by atoms with Gasteiger partial charge in [-0.3, -0.25) is 29.8 Å². The molecule has 3 rings (SSSR count). The summed E-state index contributed by atoms with van der Waals surface area (Å²) in [5.41, 5.74) is 0.354. The molecule has 3 aromatic rings. The van der Waals surface area contributed by atoms with Crippen LogP contribution in [0.1, 0.15) is 20.7 Å². The number of amides is 2. The molecule has 0 bridgehead atoms. The molecular formula is C20H13BrN4O6. The Bertz CT molecular complexity index is 1210.